The molecular formula is C23H28N4O3. The lowest BCUT2D eigenvalue weighted by Gasteiger charge is -2.35. The SMILES string of the molecule is COc1ccc(-c2ccc3c(N4CCOCC4C)nc(C(C)C)nc3n2)cc1CO. The summed E-state index contributed by atoms with van der Waals surface area (Å²) < 4.78 is 10.9. The number of fused-ring (bicyclic) bond motifs is 1. The standard InChI is InChI=1S/C23H28N4O3/c1-14(2)21-25-22-18(23(26-21)27-9-10-30-13-15(27)3)6-7-19(24-22)16-5-8-20(29-4)17(11-16)12-28/h5-8,11,14-15,28H,9-10,12-13H2,1-4H3. The summed E-state index contributed by atoms with van der Waals surface area (Å²) >= 11 is 0. The molecule has 4 rings (SSSR count). The highest BCUT2D eigenvalue weighted by atomic mass is 16.5. The number of methoxy groups -OCH3 is 1. The molecule has 0 amide bonds. The Morgan fingerprint density at radius 2 is 2.03 bits per heavy atom. The number of pyridine rings is 1. The van der Waals surface area contributed by atoms with Gasteiger partial charge >= 0.3 is 0 Å². The van der Waals surface area contributed by atoms with Gasteiger partial charge in [0.25, 0.3) is 0 Å². The summed E-state index contributed by atoms with van der Waals surface area (Å²) in [4.78, 5) is 16.8. The van der Waals surface area contributed by atoms with Crippen LogP contribution in [0.15, 0.2) is 30.3 Å². The first-order chi connectivity index (χ1) is 14.5. The van der Waals surface area contributed by atoms with Crippen molar-refractivity contribution in [3.63, 3.8) is 0 Å². The lowest BCUT2D eigenvalue weighted by atomic mass is 10.1. The van der Waals surface area contributed by atoms with Crippen LogP contribution in [-0.2, 0) is 11.3 Å². The Hall–Kier alpha value is -2.77. The molecule has 3 aromatic rings. The Bertz CT molecular complexity index is 1050. The zero-order chi connectivity index (χ0) is 21.3. The molecule has 1 aromatic carbocycles. The summed E-state index contributed by atoms with van der Waals surface area (Å²) in [5.74, 6) is 2.56. The molecular weight excluding hydrogens is 380 g/mol. The molecule has 7 nitrogen and oxygen atoms in total. The lowest BCUT2D eigenvalue weighted by Crippen LogP contribution is -2.44. The predicted molar refractivity (Wildman–Crippen MR) is 117 cm³/mol. The van der Waals surface area contributed by atoms with E-state index in [1.165, 1.54) is 0 Å². The van der Waals surface area contributed by atoms with Crippen LogP contribution in [0.3, 0.4) is 0 Å². The molecule has 7 heteroatoms. The normalized spacial score (nSPS) is 17.0. The number of hydrogen-bond acceptors (Lipinski definition) is 7. The molecule has 1 unspecified atom stereocenters. The van der Waals surface area contributed by atoms with Crippen molar-refractivity contribution in [2.24, 2.45) is 0 Å². The molecule has 158 valence electrons. The van der Waals surface area contributed by atoms with Crippen molar-refractivity contribution >= 4 is 16.9 Å². The summed E-state index contributed by atoms with van der Waals surface area (Å²) in [5, 5.41) is 10.6. The topological polar surface area (TPSA) is 80.6 Å². The van der Waals surface area contributed by atoms with Crippen LogP contribution < -0.4 is 9.64 Å². The Morgan fingerprint density at radius 1 is 1.20 bits per heavy atom. The van der Waals surface area contributed by atoms with Gasteiger partial charge in [0.1, 0.15) is 17.4 Å². The van der Waals surface area contributed by atoms with Gasteiger partial charge in [0.15, 0.2) is 5.65 Å². The molecule has 3 heterocycles. The van der Waals surface area contributed by atoms with Crippen LogP contribution in [0.2, 0.25) is 0 Å². The Morgan fingerprint density at radius 3 is 2.73 bits per heavy atom. The smallest absolute Gasteiger partial charge is 0.165 e. The number of ether oxygens (including phenoxy) is 2. The number of nitrogens with zero attached hydrogens (tertiary/aromatic N) is 4. The van der Waals surface area contributed by atoms with E-state index in [-0.39, 0.29) is 18.6 Å². The molecule has 2 aromatic heterocycles. The van der Waals surface area contributed by atoms with Gasteiger partial charge < -0.3 is 19.5 Å². The zero-order valence-electron chi connectivity index (χ0n) is 17.9. The summed E-state index contributed by atoms with van der Waals surface area (Å²) in [6, 6.07) is 9.97. The Balaban J connectivity index is 1.84. The molecule has 1 saturated heterocycles. The largest absolute Gasteiger partial charge is 0.496 e. The van der Waals surface area contributed by atoms with Gasteiger partial charge in [-0.15, -0.1) is 0 Å². The van der Waals surface area contributed by atoms with Crippen LogP contribution in [-0.4, -0.2) is 53.0 Å². The van der Waals surface area contributed by atoms with Crippen molar-refractivity contribution < 1.29 is 14.6 Å². The lowest BCUT2D eigenvalue weighted by molar-refractivity contribution is 0.0986. The molecule has 30 heavy (non-hydrogen) atoms. The highest BCUT2D eigenvalue weighted by molar-refractivity contribution is 5.89. The van der Waals surface area contributed by atoms with Crippen LogP contribution in [0.25, 0.3) is 22.3 Å². The fraction of sp³-hybridized carbons (Fsp3) is 0.435. The second-order valence-corrected chi connectivity index (χ2v) is 7.93. The first kappa shape index (κ1) is 20.5. The van der Waals surface area contributed by atoms with Gasteiger partial charge in [0, 0.05) is 23.6 Å². The van der Waals surface area contributed by atoms with Crippen molar-refractivity contribution in [2.75, 3.05) is 31.8 Å². The Labute approximate surface area is 176 Å². The first-order valence-electron chi connectivity index (χ1n) is 10.3. The number of benzene rings is 1. The average Bonchev–Trinajstić information content (AvgIpc) is 2.77. The maximum Gasteiger partial charge on any atom is 0.165 e. The van der Waals surface area contributed by atoms with E-state index in [9.17, 15) is 5.11 Å². The average molecular weight is 409 g/mol. The second kappa shape index (κ2) is 8.53. The minimum absolute atomic E-state index is 0.0939. The minimum atomic E-state index is -0.0939. The van der Waals surface area contributed by atoms with Crippen molar-refractivity contribution in [1.82, 2.24) is 15.0 Å². The van der Waals surface area contributed by atoms with E-state index in [2.05, 4.69) is 25.7 Å². The molecule has 0 bridgehead atoms. The first-order valence-corrected chi connectivity index (χ1v) is 10.3. The highest BCUT2D eigenvalue weighted by Gasteiger charge is 2.24. The number of aliphatic hydroxyl groups excluding tert-OH is 1. The maximum absolute atomic E-state index is 9.66. The van der Waals surface area contributed by atoms with Crippen molar-refractivity contribution in [3.8, 4) is 17.0 Å². The van der Waals surface area contributed by atoms with E-state index >= 15 is 0 Å². The monoisotopic (exact) mass is 408 g/mol. The van der Waals surface area contributed by atoms with Crippen molar-refractivity contribution in [3.05, 3.63) is 41.7 Å². The minimum Gasteiger partial charge on any atom is -0.496 e. The van der Waals surface area contributed by atoms with E-state index in [1.807, 2.05) is 30.3 Å². The fourth-order valence-corrected chi connectivity index (χ4v) is 3.75. The van der Waals surface area contributed by atoms with E-state index in [0.29, 0.717) is 24.6 Å². The number of rotatable bonds is 5. The van der Waals surface area contributed by atoms with Crippen molar-refractivity contribution in [1.29, 1.82) is 0 Å². The molecule has 0 aliphatic carbocycles. The number of morpholine rings is 1. The third-order valence-electron chi connectivity index (χ3n) is 5.46. The third kappa shape index (κ3) is 3.82. The maximum atomic E-state index is 9.66. The number of anilines is 1. The van der Waals surface area contributed by atoms with Crippen molar-refractivity contribution in [2.45, 2.75) is 39.3 Å². The molecule has 1 aliphatic rings. The summed E-state index contributed by atoms with van der Waals surface area (Å²) in [7, 11) is 1.60. The van der Waals surface area contributed by atoms with Crippen LogP contribution in [0.4, 0.5) is 5.82 Å². The third-order valence-corrected chi connectivity index (χ3v) is 5.46. The Kier molecular flexibility index (Phi) is 5.83. The van der Waals surface area contributed by atoms with Gasteiger partial charge in [0.2, 0.25) is 0 Å². The number of hydrogen-bond donors (Lipinski definition) is 1. The van der Waals surface area contributed by atoms with Gasteiger partial charge in [0.05, 0.1) is 44.1 Å². The molecule has 0 radical (unpaired) electrons. The van der Waals surface area contributed by atoms with Crippen LogP contribution >= 0.6 is 0 Å². The molecule has 1 fully saturated rings. The molecule has 0 spiro atoms. The van der Waals surface area contributed by atoms with Crippen LogP contribution in [0.1, 0.15) is 38.1 Å². The van der Waals surface area contributed by atoms with Gasteiger partial charge in [-0.3, -0.25) is 0 Å². The van der Waals surface area contributed by atoms with E-state index < -0.39 is 0 Å². The molecule has 0 saturated carbocycles. The van der Waals surface area contributed by atoms with Crippen LogP contribution in [0, 0.1) is 0 Å². The van der Waals surface area contributed by atoms with Gasteiger partial charge in [-0.1, -0.05) is 13.8 Å². The summed E-state index contributed by atoms with van der Waals surface area (Å²) in [5.41, 5.74) is 3.12. The number of aromatic nitrogens is 3. The number of aliphatic hydroxyl groups is 1. The molecule has 1 aliphatic heterocycles. The van der Waals surface area contributed by atoms with E-state index in [4.69, 9.17) is 24.4 Å². The van der Waals surface area contributed by atoms with Gasteiger partial charge in [-0.25, -0.2) is 15.0 Å². The second-order valence-electron chi connectivity index (χ2n) is 7.93. The quantitative estimate of drug-likeness (QED) is 0.691. The highest BCUT2D eigenvalue weighted by Crippen LogP contribution is 2.31. The van der Waals surface area contributed by atoms with Gasteiger partial charge in [-0.05, 0) is 37.3 Å². The summed E-state index contributed by atoms with van der Waals surface area (Å²) in [6.45, 7) is 8.41. The van der Waals surface area contributed by atoms with E-state index in [1.54, 1.807) is 7.11 Å². The predicted octanol–water partition coefficient (Wildman–Crippen LogP) is 3.54. The zero-order valence-corrected chi connectivity index (χ0v) is 17.9. The van der Waals surface area contributed by atoms with Crippen LogP contribution in [0.5, 0.6) is 5.75 Å². The molecule has 1 N–H and O–H groups in total. The fourth-order valence-electron chi connectivity index (χ4n) is 3.75. The molecule has 1 atom stereocenters. The summed E-state index contributed by atoms with van der Waals surface area (Å²) in [6.07, 6.45) is 0. The van der Waals surface area contributed by atoms with E-state index in [0.717, 1.165) is 40.4 Å². The van der Waals surface area contributed by atoms with Gasteiger partial charge in [-0.2, -0.15) is 0 Å².